The number of ether oxygens (including phenoxy) is 3. The fraction of sp³-hybridized carbons (Fsp3) is 0.333. The molecule has 224 valence electrons. The fourth-order valence-corrected chi connectivity index (χ4v) is 4.64. The molecule has 0 spiro atoms. The lowest BCUT2D eigenvalue weighted by Crippen LogP contribution is -2.28. The van der Waals surface area contributed by atoms with E-state index in [-0.39, 0.29) is 16.5 Å². The van der Waals surface area contributed by atoms with E-state index in [0.29, 0.717) is 74.4 Å². The fourth-order valence-electron chi connectivity index (χ4n) is 4.64. The summed E-state index contributed by atoms with van der Waals surface area (Å²) in [7, 11) is 3.18. The van der Waals surface area contributed by atoms with E-state index in [0.717, 1.165) is 12.1 Å². The van der Waals surface area contributed by atoms with E-state index in [1.807, 2.05) is 0 Å². The van der Waals surface area contributed by atoms with Gasteiger partial charge < -0.3 is 24.8 Å². The highest BCUT2D eigenvalue weighted by molar-refractivity contribution is 5.94. The van der Waals surface area contributed by atoms with Crippen molar-refractivity contribution in [2.75, 3.05) is 75.2 Å². The number of anilines is 4. The summed E-state index contributed by atoms with van der Waals surface area (Å²) < 4.78 is 15.6. The SMILES string of the molecule is COCCNc1nc(NCCCOCCOC)c(NNc2cccc3c(=O)c4c(=O)ccc(=O)c=4c(=O)c23)c(C)c1C#N. The van der Waals surface area contributed by atoms with Gasteiger partial charge in [0.2, 0.25) is 5.43 Å². The van der Waals surface area contributed by atoms with Gasteiger partial charge in [-0.2, -0.15) is 5.26 Å². The first-order valence-electron chi connectivity index (χ1n) is 13.6. The van der Waals surface area contributed by atoms with Crippen LogP contribution >= 0.6 is 0 Å². The molecule has 0 fully saturated rings. The number of rotatable bonds is 15. The number of hydrogen-bond acceptors (Lipinski definition) is 13. The lowest BCUT2D eigenvalue weighted by molar-refractivity contribution is 0.0705. The standard InChI is InChI=1S/C30H32N6O7/c1-17-19(16-31)29(33-11-13-41-2)34-30(32-10-5-12-43-15-14-42-3)26(17)36-35-20-7-4-6-18-23(20)28(40)25-22(38)9-8-21(37)24(25)27(18)39/h4,6-9,35-36H,5,10-15H2,1-3H3,(H2,32,33,34). The van der Waals surface area contributed by atoms with Gasteiger partial charge in [0.1, 0.15) is 17.6 Å². The lowest BCUT2D eigenvalue weighted by atomic mass is 10.0. The van der Waals surface area contributed by atoms with Crippen LogP contribution in [0.3, 0.4) is 0 Å². The number of hydrogen-bond donors (Lipinski definition) is 4. The summed E-state index contributed by atoms with van der Waals surface area (Å²) >= 11 is 0. The van der Waals surface area contributed by atoms with Crippen LogP contribution in [-0.4, -0.2) is 58.7 Å². The minimum absolute atomic E-state index is 0.00377. The molecular formula is C30H32N6O7. The summed E-state index contributed by atoms with van der Waals surface area (Å²) in [5, 5.41) is 15.4. The molecule has 2 aliphatic rings. The second-order valence-corrected chi connectivity index (χ2v) is 9.55. The van der Waals surface area contributed by atoms with Crippen LogP contribution in [0.1, 0.15) is 17.5 Å². The quantitative estimate of drug-likeness (QED) is 0.116. The summed E-state index contributed by atoms with van der Waals surface area (Å²) in [6, 6.07) is 8.73. The average Bonchev–Trinajstić information content (AvgIpc) is 3.00. The van der Waals surface area contributed by atoms with Crippen LogP contribution in [0, 0.1) is 28.7 Å². The van der Waals surface area contributed by atoms with Crippen molar-refractivity contribution < 1.29 is 14.2 Å². The van der Waals surface area contributed by atoms with Gasteiger partial charge in [0.05, 0.1) is 46.9 Å². The Bertz CT molecular complexity index is 1930. The lowest BCUT2D eigenvalue weighted by Gasteiger charge is -2.20. The summed E-state index contributed by atoms with van der Waals surface area (Å²) in [6.07, 6.45) is 0.658. The Morgan fingerprint density at radius 3 is 2.21 bits per heavy atom. The number of aromatic nitrogens is 1. The van der Waals surface area contributed by atoms with Crippen molar-refractivity contribution in [2.24, 2.45) is 0 Å². The Morgan fingerprint density at radius 1 is 0.814 bits per heavy atom. The molecule has 1 heterocycles. The van der Waals surface area contributed by atoms with Crippen LogP contribution in [0.15, 0.2) is 49.5 Å². The van der Waals surface area contributed by atoms with E-state index in [4.69, 9.17) is 14.2 Å². The summed E-state index contributed by atoms with van der Waals surface area (Å²) in [5.41, 5.74) is 4.68. The molecule has 1 aromatic heterocycles. The van der Waals surface area contributed by atoms with Crippen LogP contribution in [0.25, 0.3) is 10.8 Å². The predicted molar refractivity (Wildman–Crippen MR) is 164 cm³/mol. The first-order chi connectivity index (χ1) is 20.8. The normalized spacial score (nSPS) is 11.0. The van der Waals surface area contributed by atoms with E-state index in [1.54, 1.807) is 33.3 Å². The largest absolute Gasteiger partial charge is 0.383 e. The Hall–Kier alpha value is -4.90. The first-order valence-corrected chi connectivity index (χ1v) is 13.6. The number of fused-ring (bicyclic) bond motifs is 1. The van der Waals surface area contributed by atoms with E-state index >= 15 is 0 Å². The minimum Gasteiger partial charge on any atom is -0.383 e. The molecule has 13 heteroatoms. The van der Waals surface area contributed by atoms with Crippen molar-refractivity contribution in [1.29, 1.82) is 5.26 Å². The van der Waals surface area contributed by atoms with Gasteiger partial charge in [-0.05, 0) is 37.1 Å². The maximum Gasteiger partial charge on any atom is 0.200 e. The zero-order chi connectivity index (χ0) is 30.9. The molecule has 43 heavy (non-hydrogen) atoms. The van der Waals surface area contributed by atoms with Crippen LogP contribution in [-0.2, 0) is 14.2 Å². The Labute approximate surface area is 245 Å². The first kappa shape index (κ1) is 31.0. The van der Waals surface area contributed by atoms with Crippen molar-refractivity contribution in [1.82, 2.24) is 4.98 Å². The van der Waals surface area contributed by atoms with Crippen molar-refractivity contribution in [2.45, 2.75) is 13.3 Å². The van der Waals surface area contributed by atoms with Crippen LogP contribution in [0.5, 0.6) is 0 Å². The third-order valence-electron chi connectivity index (χ3n) is 6.79. The van der Waals surface area contributed by atoms with Gasteiger partial charge in [0.15, 0.2) is 22.1 Å². The van der Waals surface area contributed by atoms with E-state index in [9.17, 15) is 24.4 Å². The van der Waals surface area contributed by atoms with Gasteiger partial charge in [-0.3, -0.25) is 30.0 Å². The molecule has 0 unspecified atom stereocenters. The van der Waals surface area contributed by atoms with Crippen molar-refractivity contribution in [3.8, 4) is 6.07 Å². The third-order valence-corrected chi connectivity index (χ3v) is 6.79. The van der Waals surface area contributed by atoms with E-state index in [2.05, 4.69) is 32.5 Å². The number of methoxy groups -OCH3 is 2. The molecule has 0 bridgehead atoms. The maximum absolute atomic E-state index is 13.5. The van der Waals surface area contributed by atoms with Crippen LogP contribution in [0.4, 0.5) is 23.0 Å². The molecule has 0 amide bonds. The average molecular weight is 589 g/mol. The second-order valence-electron chi connectivity index (χ2n) is 9.55. The molecule has 4 N–H and O–H groups in total. The molecule has 0 atom stereocenters. The number of nitrogens with zero attached hydrogens (tertiary/aromatic N) is 2. The predicted octanol–water partition coefficient (Wildman–Crippen LogP) is 1.42. The van der Waals surface area contributed by atoms with Crippen LogP contribution in [0.2, 0.25) is 0 Å². The second kappa shape index (κ2) is 14.3. The topological polar surface area (TPSA) is 181 Å². The Morgan fingerprint density at radius 2 is 1.51 bits per heavy atom. The van der Waals surface area contributed by atoms with Crippen molar-refractivity contribution >= 4 is 33.8 Å². The van der Waals surface area contributed by atoms with Gasteiger partial charge >= 0.3 is 0 Å². The highest BCUT2D eigenvalue weighted by Gasteiger charge is 2.19. The number of nitrogens with one attached hydrogen (secondary N) is 4. The van der Waals surface area contributed by atoms with Crippen molar-refractivity contribution in [3.63, 3.8) is 0 Å². The van der Waals surface area contributed by atoms with E-state index in [1.165, 1.54) is 6.07 Å². The van der Waals surface area contributed by atoms with Crippen molar-refractivity contribution in [3.05, 3.63) is 92.8 Å². The molecule has 4 rings (SSSR count). The zero-order valence-corrected chi connectivity index (χ0v) is 24.1. The van der Waals surface area contributed by atoms with Gasteiger partial charge in [0, 0.05) is 39.3 Å². The molecule has 2 aliphatic carbocycles. The molecule has 0 saturated carbocycles. The summed E-state index contributed by atoms with van der Waals surface area (Å²) in [6.45, 7) is 4.54. The number of nitriles is 1. The van der Waals surface area contributed by atoms with Crippen LogP contribution < -0.4 is 43.2 Å². The Kier molecular flexibility index (Phi) is 10.3. The molecule has 1 aromatic carbocycles. The molecule has 2 aromatic rings. The maximum atomic E-state index is 13.5. The zero-order valence-electron chi connectivity index (χ0n) is 24.1. The Balaban J connectivity index is 1.73. The van der Waals surface area contributed by atoms with Gasteiger partial charge in [0.25, 0.3) is 0 Å². The highest BCUT2D eigenvalue weighted by atomic mass is 16.5. The summed E-state index contributed by atoms with van der Waals surface area (Å²) in [5.74, 6) is 0.781. The highest BCUT2D eigenvalue weighted by Crippen LogP contribution is 2.31. The smallest absolute Gasteiger partial charge is 0.200 e. The molecule has 0 radical (unpaired) electrons. The molecule has 0 aliphatic heterocycles. The van der Waals surface area contributed by atoms with Gasteiger partial charge in [-0.25, -0.2) is 4.98 Å². The van der Waals surface area contributed by atoms with Gasteiger partial charge in [-0.1, -0.05) is 12.1 Å². The molecular weight excluding hydrogens is 556 g/mol. The molecule has 13 nitrogen and oxygen atoms in total. The van der Waals surface area contributed by atoms with E-state index < -0.39 is 32.2 Å². The summed E-state index contributed by atoms with van der Waals surface area (Å²) in [4.78, 5) is 56.2. The monoisotopic (exact) mass is 588 g/mol. The molecule has 0 saturated heterocycles. The third kappa shape index (κ3) is 6.62. The number of pyridine rings is 1. The number of hydrazine groups is 1. The number of benzene rings is 1. The minimum atomic E-state index is -0.728. The van der Waals surface area contributed by atoms with Gasteiger partial charge in [-0.15, -0.1) is 0 Å².